The normalized spacial score (nSPS) is 10.9. The van der Waals surface area contributed by atoms with Crippen molar-refractivity contribution in [1.29, 1.82) is 0 Å². The van der Waals surface area contributed by atoms with Gasteiger partial charge in [-0.15, -0.1) is 10.2 Å². The lowest BCUT2D eigenvalue weighted by molar-refractivity contribution is -0.116. The van der Waals surface area contributed by atoms with E-state index >= 15 is 0 Å². The molecule has 0 fully saturated rings. The minimum absolute atomic E-state index is 0.0378. The van der Waals surface area contributed by atoms with Crippen LogP contribution >= 0.6 is 0 Å². The molecule has 2 aromatic heterocycles. The average molecular weight is 383 g/mol. The third-order valence-corrected chi connectivity index (χ3v) is 3.60. The molecule has 0 unspecified atom stereocenters. The second-order valence-electron chi connectivity index (χ2n) is 5.35. The van der Waals surface area contributed by atoms with E-state index in [1.54, 1.807) is 12.1 Å². The smallest absolute Gasteiger partial charge is 0.228 e. The maximum Gasteiger partial charge on any atom is 0.228 e. The van der Waals surface area contributed by atoms with Gasteiger partial charge in [-0.3, -0.25) is 15.1 Å². The van der Waals surface area contributed by atoms with Crippen LogP contribution in [-0.2, 0) is 11.2 Å². The molecule has 11 heteroatoms. The van der Waals surface area contributed by atoms with Gasteiger partial charge in [0, 0.05) is 29.9 Å². The first kappa shape index (κ1) is 18.4. The number of nitrogens with one attached hydrogen (secondary N) is 2. The third-order valence-electron chi connectivity index (χ3n) is 3.60. The Balaban J connectivity index is 1.67. The van der Waals surface area contributed by atoms with Gasteiger partial charge in [-0.05, 0) is 18.6 Å². The van der Waals surface area contributed by atoms with Crippen molar-refractivity contribution in [2.75, 3.05) is 5.32 Å². The summed E-state index contributed by atoms with van der Waals surface area (Å²) in [5.74, 6) is -10.7. The van der Waals surface area contributed by atoms with Crippen LogP contribution in [0, 0.1) is 29.1 Å². The predicted octanol–water partition coefficient (Wildman–Crippen LogP) is 3.13. The van der Waals surface area contributed by atoms with Crippen molar-refractivity contribution in [2.24, 2.45) is 0 Å². The lowest BCUT2D eigenvalue weighted by Crippen LogP contribution is -2.15. The fraction of sp³-hybridized carbons (Fsp3) is 0.125. The fourth-order valence-electron chi connectivity index (χ4n) is 2.26. The number of aromatic nitrogens is 4. The molecule has 0 aliphatic heterocycles. The van der Waals surface area contributed by atoms with Gasteiger partial charge in [0.15, 0.2) is 29.1 Å². The van der Waals surface area contributed by atoms with E-state index in [0.717, 1.165) is 0 Å². The molecule has 0 saturated heterocycles. The zero-order valence-electron chi connectivity index (χ0n) is 13.4. The summed E-state index contributed by atoms with van der Waals surface area (Å²) in [6, 6.07) is 3.30. The van der Waals surface area contributed by atoms with Gasteiger partial charge in [0.1, 0.15) is 0 Å². The average Bonchev–Trinajstić information content (AvgIpc) is 3.14. The highest BCUT2D eigenvalue weighted by molar-refractivity contribution is 5.89. The second kappa shape index (κ2) is 7.48. The summed E-state index contributed by atoms with van der Waals surface area (Å²) in [4.78, 5) is 18.4. The highest BCUT2D eigenvalue weighted by Gasteiger charge is 2.25. The molecule has 0 bridgehead atoms. The second-order valence-corrected chi connectivity index (χ2v) is 5.35. The summed E-state index contributed by atoms with van der Waals surface area (Å²) in [7, 11) is 0. The van der Waals surface area contributed by atoms with Crippen LogP contribution < -0.4 is 5.32 Å². The molecule has 27 heavy (non-hydrogen) atoms. The molecule has 3 aromatic rings. The first-order chi connectivity index (χ1) is 12.9. The Labute approximate surface area is 148 Å². The van der Waals surface area contributed by atoms with Crippen molar-refractivity contribution in [3.63, 3.8) is 0 Å². The number of rotatable bonds is 5. The zero-order chi connectivity index (χ0) is 19.6. The molecule has 1 amide bonds. The summed E-state index contributed by atoms with van der Waals surface area (Å²) in [5, 5.41) is 9.79. The van der Waals surface area contributed by atoms with Crippen molar-refractivity contribution in [2.45, 2.75) is 12.8 Å². The summed E-state index contributed by atoms with van der Waals surface area (Å²) in [6.45, 7) is 0. The van der Waals surface area contributed by atoms with Gasteiger partial charge in [-0.1, -0.05) is 0 Å². The lowest BCUT2D eigenvalue weighted by Gasteiger charge is -2.08. The van der Waals surface area contributed by atoms with E-state index in [4.69, 9.17) is 0 Å². The standard InChI is InChI=1S/C16H10F5N5O/c17-10-8(11(18)13(20)14(21)12(10)19)1-2-9(27)23-16-24-15(25-26-16)7-3-5-22-6-4-7/h3-6H,1-2H2,(H2,23,24,25,26,27). The van der Waals surface area contributed by atoms with Crippen LogP contribution in [0.1, 0.15) is 12.0 Å². The number of carbonyl (C=O) groups excluding carboxylic acids is 1. The van der Waals surface area contributed by atoms with Crippen LogP contribution in [-0.4, -0.2) is 26.1 Å². The van der Waals surface area contributed by atoms with E-state index < -0.39 is 53.4 Å². The Morgan fingerprint density at radius 2 is 1.52 bits per heavy atom. The molecular formula is C16H10F5N5O. The molecule has 0 spiro atoms. The molecule has 0 radical (unpaired) electrons. The number of nitrogens with zero attached hydrogens (tertiary/aromatic N) is 3. The van der Waals surface area contributed by atoms with Gasteiger partial charge in [-0.2, -0.15) is 0 Å². The van der Waals surface area contributed by atoms with E-state index in [1.807, 2.05) is 0 Å². The van der Waals surface area contributed by atoms with Gasteiger partial charge in [0.25, 0.3) is 0 Å². The number of hydrogen-bond acceptors (Lipinski definition) is 4. The van der Waals surface area contributed by atoms with Crippen molar-refractivity contribution in [3.8, 4) is 11.4 Å². The number of aromatic amines is 1. The predicted molar refractivity (Wildman–Crippen MR) is 82.8 cm³/mol. The van der Waals surface area contributed by atoms with Gasteiger partial charge in [0.2, 0.25) is 17.7 Å². The molecule has 0 aliphatic carbocycles. The minimum atomic E-state index is -2.25. The molecule has 0 saturated carbocycles. The van der Waals surface area contributed by atoms with Gasteiger partial charge >= 0.3 is 0 Å². The Bertz CT molecular complexity index is 963. The van der Waals surface area contributed by atoms with Crippen molar-refractivity contribution in [1.82, 2.24) is 20.2 Å². The largest absolute Gasteiger partial charge is 0.307 e. The zero-order valence-corrected chi connectivity index (χ0v) is 13.4. The lowest BCUT2D eigenvalue weighted by atomic mass is 10.1. The van der Waals surface area contributed by atoms with E-state index in [1.165, 1.54) is 12.4 Å². The first-order valence-electron chi connectivity index (χ1n) is 7.51. The minimum Gasteiger partial charge on any atom is -0.307 e. The van der Waals surface area contributed by atoms with Crippen molar-refractivity contribution in [3.05, 3.63) is 59.2 Å². The Kier molecular flexibility index (Phi) is 5.10. The van der Waals surface area contributed by atoms with Crippen LogP contribution in [0.25, 0.3) is 11.4 Å². The van der Waals surface area contributed by atoms with Gasteiger partial charge < -0.3 is 4.98 Å². The van der Waals surface area contributed by atoms with E-state index in [-0.39, 0.29) is 5.95 Å². The third kappa shape index (κ3) is 3.76. The topological polar surface area (TPSA) is 83.6 Å². The summed E-state index contributed by atoms with van der Waals surface area (Å²) in [6.07, 6.45) is 1.83. The molecule has 2 heterocycles. The summed E-state index contributed by atoms with van der Waals surface area (Å²) in [5.41, 5.74) is -0.406. The van der Waals surface area contributed by atoms with E-state index in [2.05, 4.69) is 25.5 Å². The SMILES string of the molecule is O=C(CCc1c(F)c(F)c(F)c(F)c1F)Nc1nnc(-c2ccncc2)[nH]1. The number of pyridine rings is 1. The molecule has 6 nitrogen and oxygen atoms in total. The van der Waals surface area contributed by atoms with E-state index in [9.17, 15) is 26.7 Å². The highest BCUT2D eigenvalue weighted by Crippen LogP contribution is 2.24. The monoisotopic (exact) mass is 383 g/mol. The van der Waals surface area contributed by atoms with Crippen molar-refractivity contribution < 1.29 is 26.7 Å². The fourth-order valence-corrected chi connectivity index (χ4v) is 2.26. The molecule has 2 N–H and O–H groups in total. The van der Waals surface area contributed by atoms with Crippen LogP contribution in [0.15, 0.2) is 24.5 Å². The van der Waals surface area contributed by atoms with Crippen LogP contribution in [0.4, 0.5) is 27.9 Å². The van der Waals surface area contributed by atoms with Gasteiger partial charge in [0.05, 0.1) is 0 Å². The number of anilines is 1. The Morgan fingerprint density at radius 3 is 2.15 bits per heavy atom. The molecule has 140 valence electrons. The number of halogens is 5. The number of H-pyrrole nitrogens is 1. The molecule has 0 atom stereocenters. The first-order valence-corrected chi connectivity index (χ1v) is 7.51. The maximum atomic E-state index is 13.6. The number of carbonyl (C=O) groups is 1. The molecule has 0 aliphatic rings. The summed E-state index contributed by atoms with van der Waals surface area (Å²) >= 11 is 0. The summed E-state index contributed by atoms with van der Waals surface area (Å²) < 4.78 is 66.5. The van der Waals surface area contributed by atoms with Crippen molar-refractivity contribution >= 4 is 11.9 Å². The van der Waals surface area contributed by atoms with E-state index in [0.29, 0.717) is 11.4 Å². The molecular weight excluding hydrogens is 373 g/mol. The quantitative estimate of drug-likeness (QED) is 0.403. The van der Waals surface area contributed by atoms with Gasteiger partial charge in [-0.25, -0.2) is 22.0 Å². The number of benzene rings is 1. The highest BCUT2D eigenvalue weighted by atomic mass is 19.2. The molecule has 1 aromatic carbocycles. The molecule has 3 rings (SSSR count). The number of hydrogen-bond donors (Lipinski definition) is 2. The van der Waals surface area contributed by atoms with Crippen LogP contribution in [0.5, 0.6) is 0 Å². The Hall–Kier alpha value is -3.37. The number of amides is 1. The van der Waals surface area contributed by atoms with Crippen LogP contribution in [0.3, 0.4) is 0 Å². The van der Waals surface area contributed by atoms with Crippen LogP contribution in [0.2, 0.25) is 0 Å². The Morgan fingerprint density at radius 1 is 0.926 bits per heavy atom. The maximum absolute atomic E-state index is 13.6.